The van der Waals surface area contributed by atoms with Crippen LogP contribution in [0.25, 0.3) is 11.8 Å². The Bertz CT molecular complexity index is 1990. The third-order valence-electron chi connectivity index (χ3n) is 7.58. The molecule has 2 aliphatic rings. The van der Waals surface area contributed by atoms with Crippen LogP contribution in [0.2, 0.25) is 10.0 Å². The van der Waals surface area contributed by atoms with Gasteiger partial charge in [0.15, 0.2) is 4.80 Å². The second-order valence-electron chi connectivity index (χ2n) is 10.1. The van der Waals surface area contributed by atoms with E-state index >= 15 is 0 Å². The number of allylic oxidation sites excluding steroid dienone is 1. The van der Waals surface area contributed by atoms with Gasteiger partial charge in [0.1, 0.15) is 12.4 Å². The van der Waals surface area contributed by atoms with E-state index in [1.54, 1.807) is 12.1 Å². The second kappa shape index (κ2) is 10.8. The highest BCUT2D eigenvalue weighted by Crippen LogP contribution is 2.41. The maximum Gasteiger partial charge on any atom is 0.271 e. The van der Waals surface area contributed by atoms with Gasteiger partial charge in [-0.1, -0.05) is 107 Å². The number of nitrogens with zero attached hydrogens (tertiary/aromatic N) is 2. The minimum Gasteiger partial charge on any atom is -0.489 e. The molecule has 4 nitrogen and oxygen atoms in total. The van der Waals surface area contributed by atoms with Gasteiger partial charge in [0.05, 0.1) is 16.3 Å². The molecule has 0 saturated carbocycles. The van der Waals surface area contributed by atoms with Crippen molar-refractivity contribution in [3.8, 4) is 5.75 Å². The normalized spacial score (nSPS) is 16.0. The van der Waals surface area contributed by atoms with Crippen LogP contribution in [-0.4, -0.2) is 4.57 Å². The van der Waals surface area contributed by atoms with Crippen LogP contribution >= 0.6 is 34.5 Å². The van der Waals surface area contributed by atoms with Crippen molar-refractivity contribution >= 4 is 46.3 Å². The molecule has 1 aliphatic heterocycles. The average Bonchev–Trinajstić information content (AvgIpc) is 3.30. The molecule has 2 heterocycles. The minimum atomic E-state index is -0.173. The molecule has 1 atom stereocenters. The Balaban J connectivity index is 1.25. The standard InChI is InChI=1S/C34H24Cl2N2O2S/c35-25-14-12-24(29(36)19-25)20-40-26-15-10-21(11-16-26)18-30-33(39)38-32(23-7-2-1-3-8-23)28-17-13-22-6-4-5-9-27(22)31(28)37-34(38)41-30/h1-12,14-16,18-19,32H,13,17,20H2/b30-18+/t32-/m1/s1. The topological polar surface area (TPSA) is 43.6 Å². The molecule has 5 aromatic rings. The third kappa shape index (κ3) is 4.95. The van der Waals surface area contributed by atoms with Gasteiger partial charge in [-0.15, -0.1) is 0 Å². The number of aryl methyl sites for hydroxylation is 1. The van der Waals surface area contributed by atoms with E-state index < -0.39 is 0 Å². The van der Waals surface area contributed by atoms with E-state index in [4.69, 9.17) is 32.9 Å². The van der Waals surface area contributed by atoms with Crippen LogP contribution in [0.3, 0.4) is 0 Å². The van der Waals surface area contributed by atoms with Gasteiger partial charge < -0.3 is 4.74 Å². The van der Waals surface area contributed by atoms with Crippen LogP contribution < -0.4 is 19.6 Å². The molecule has 0 N–H and O–H groups in total. The van der Waals surface area contributed by atoms with Gasteiger partial charge in [-0.05, 0) is 65.4 Å². The maximum atomic E-state index is 13.9. The van der Waals surface area contributed by atoms with E-state index in [0.717, 1.165) is 40.0 Å². The van der Waals surface area contributed by atoms with Crippen molar-refractivity contribution in [1.29, 1.82) is 0 Å². The van der Waals surface area contributed by atoms with Crippen molar-refractivity contribution in [2.24, 2.45) is 4.99 Å². The molecule has 0 unspecified atom stereocenters. The molecular weight excluding hydrogens is 571 g/mol. The van der Waals surface area contributed by atoms with Crippen molar-refractivity contribution in [2.45, 2.75) is 25.5 Å². The van der Waals surface area contributed by atoms with Crippen LogP contribution in [0.4, 0.5) is 0 Å². The lowest BCUT2D eigenvalue weighted by Crippen LogP contribution is -2.38. The quantitative estimate of drug-likeness (QED) is 0.216. The van der Waals surface area contributed by atoms with Crippen molar-refractivity contribution in [3.05, 3.63) is 160 Å². The molecule has 4 aromatic carbocycles. The summed E-state index contributed by atoms with van der Waals surface area (Å²) in [6, 6.07) is 31.6. The van der Waals surface area contributed by atoms with Crippen LogP contribution in [0.15, 0.2) is 112 Å². The Morgan fingerprint density at radius 1 is 0.927 bits per heavy atom. The van der Waals surface area contributed by atoms with Crippen LogP contribution in [0, 0.1) is 0 Å². The predicted molar refractivity (Wildman–Crippen MR) is 166 cm³/mol. The van der Waals surface area contributed by atoms with Gasteiger partial charge in [-0.25, -0.2) is 4.99 Å². The average molecular weight is 596 g/mol. The lowest BCUT2D eigenvalue weighted by Gasteiger charge is -2.30. The van der Waals surface area contributed by atoms with Gasteiger partial charge in [0.25, 0.3) is 5.56 Å². The number of rotatable bonds is 5. The molecule has 0 amide bonds. The van der Waals surface area contributed by atoms with Gasteiger partial charge in [-0.2, -0.15) is 0 Å². The van der Waals surface area contributed by atoms with Crippen LogP contribution in [0.1, 0.15) is 40.3 Å². The Hall–Kier alpha value is -3.90. The van der Waals surface area contributed by atoms with Crippen LogP contribution in [0.5, 0.6) is 5.75 Å². The minimum absolute atomic E-state index is 0.0225. The number of thiazole rings is 1. The summed E-state index contributed by atoms with van der Waals surface area (Å²) in [7, 11) is 0. The number of hydrogen-bond acceptors (Lipinski definition) is 4. The lowest BCUT2D eigenvalue weighted by atomic mass is 9.83. The Kier molecular flexibility index (Phi) is 6.87. The second-order valence-corrected chi connectivity index (χ2v) is 12.0. The third-order valence-corrected chi connectivity index (χ3v) is 9.15. The first-order valence-corrected chi connectivity index (χ1v) is 15.0. The highest BCUT2D eigenvalue weighted by Gasteiger charge is 2.32. The van der Waals surface area contributed by atoms with Crippen molar-refractivity contribution < 1.29 is 4.74 Å². The zero-order valence-corrected chi connectivity index (χ0v) is 24.2. The van der Waals surface area contributed by atoms with E-state index in [2.05, 4.69) is 36.4 Å². The smallest absolute Gasteiger partial charge is 0.271 e. The first-order chi connectivity index (χ1) is 20.0. The summed E-state index contributed by atoms with van der Waals surface area (Å²) in [6.45, 7) is 0.335. The summed E-state index contributed by atoms with van der Waals surface area (Å²) >= 11 is 13.7. The number of benzene rings is 4. The molecule has 0 fully saturated rings. The van der Waals surface area contributed by atoms with Crippen molar-refractivity contribution in [3.63, 3.8) is 0 Å². The maximum absolute atomic E-state index is 13.9. The first-order valence-electron chi connectivity index (χ1n) is 13.4. The molecule has 0 saturated heterocycles. The van der Waals surface area contributed by atoms with Gasteiger partial charge in [0.2, 0.25) is 0 Å². The number of fused-ring (bicyclic) bond motifs is 3. The van der Waals surface area contributed by atoms with E-state index in [0.29, 0.717) is 26.9 Å². The molecule has 7 heteroatoms. The molecule has 1 aliphatic carbocycles. The Labute approximate surface area is 251 Å². The fraction of sp³-hybridized carbons (Fsp3) is 0.118. The summed E-state index contributed by atoms with van der Waals surface area (Å²) in [5, 5.41) is 1.16. The Morgan fingerprint density at radius 2 is 1.71 bits per heavy atom. The fourth-order valence-electron chi connectivity index (χ4n) is 5.57. The zero-order valence-electron chi connectivity index (χ0n) is 21.9. The summed E-state index contributed by atoms with van der Waals surface area (Å²) in [4.78, 5) is 19.7. The number of hydrogen-bond donors (Lipinski definition) is 0. The molecule has 1 aromatic heterocycles. The summed E-state index contributed by atoms with van der Waals surface area (Å²) in [6.07, 6.45) is 3.75. The largest absolute Gasteiger partial charge is 0.489 e. The van der Waals surface area contributed by atoms with Gasteiger partial charge in [0, 0.05) is 21.2 Å². The molecule has 202 valence electrons. The molecule has 0 bridgehead atoms. The molecule has 0 spiro atoms. The molecule has 7 rings (SSSR count). The lowest BCUT2D eigenvalue weighted by molar-refractivity contribution is 0.306. The van der Waals surface area contributed by atoms with E-state index in [9.17, 15) is 4.79 Å². The monoisotopic (exact) mass is 594 g/mol. The molecule has 0 radical (unpaired) electrons. The molecule has 41 heavy (non-hydrogen) atoms. The zero-order chi connectivity index (χ0) is 27.9. The number of halogens is 2. The molecular formula is C34H24Cl2N2O2S. The summed E-state index contributed by atoms with van der Waals surface area (Å²) in [5.74, 6) is 0.713. The van der Waals surface area contributed by atoms with Crippen molar-refractivity contribution in [2.75, 3.05) is 0 Å². The Morgan fingerprint density at radius 3 is 2.51 bits per heavy atom. The van der Waals surface area contributed by atoms with Gasteiger partial charge in [-0.3, -0.25) is 9.36 Å². The van der Waals surface area contributed by atoms with E-state index in [1.165, 1.54) is 28.0 Å². The van der Waals surface area contributed by atoms with E-state index in [1.807, 2.05) is 59.2 Å². The number of aromatic nitrogens is 1. The van der Waals surface area contributed by atoms with Crippen molar-refractivity contribution in [1.82, 2.24) is 4.57 Å². The SMILES string of the molecule is O=c1/c(=C\c2ccc(OCc3ccc(Cl)cc3Cl)cc2)sc2n1[C@H](c1ccccc1)C1=C(N=2)c2ccccc2CC1. The van der Waals surface area contributed by atoms with Gasteiger partial charge >= 0.3 is 0 Å². The summed E-state index contributed by atoms with van der Waals surface area (Å²) in [5.41, 5.74) is 7.54. The summed E-state index contributed by atoms with van der Waals surface area (Å²) < 4.78 is 8.46. The van der Waals surface area contributed by atoms with Crippen LogP contribution in [-0.2, 0) is 13.0 Å². The highest BCUT2D eigenvalue weighted by atomic mass is 35.5. The number of ether oxygens (including phenoxy) is 1. The predicted octanol–water partition coefficient (Wildman–Crippen LogP) is 7.20. The van der Waals surface area contributed by atoms with E-state index in [-0.39, 0.29) is 11.6 Å². The fourth-order valence-corrected chi connectivity index (χ4v) is 7.03. The first kappa shape index (κ1) is 26.0. The highest BCUT2D eigenvalue weighted by molar-refractivity contribution is 7.07.